The Bertz CT molecular complexity index is 891. The second-order valence-corrected chi connectivity index (χ2v) is 6.88. The van der Waals surface area contributed by atoms with E-state index in [2.05, 4.69) is 31.4 Å². The zero-order valence-electron chi connectivity index (χ0n) is 15.4. The quantitative estimate of drug-likeness (QED) is 0.746. The summed E-state index contributed by atoms with van der Waals surface area (Å²) in [6.45, 7) is 10.7. The number of aryl methyl sites for hydroxylation is 1. The molecule has 3 rings (SSSR count). The number of rotatable bonds is 6. The van der Waals surface area contributed by atoms with Gasteiger partial charge in [0.25, 0.3) is 0 Å². The summed E-state index contributed by atoms with van der Waals surface area (Å²) in [6, 6.07) is 7.85. The summed E-state index contributed by atoms with van der Waals surface area (Å²) >= 11 is 0. The minimum absolute atomic E-state index is 0.0460. The normalized spacial score (nSPS) is 16.4. The smallest absolute Gasteiger partial charge is 0.333 e. The highest BCUT2D eigenvalue weighted by molar-refractivity contribution is 5.81. The van der Waals surface area contributed by atoms with Crippen LogP contribution in [0.4, 0.5) is 0 Å². The standard InChI is InChI=1S/C21H27N3O/c1-5-9-18(23-14-16(3)15-23)13-12-17(6-2)24-20-11-8-7-10-19(20)22(4)21(24)25/h6-8,10-13,16H,2,5,9,14-15H2,1,3-4H3/b17-12+,18-13+. The number of imidazole rings is 1. The molecule has 0 atom stereocenters. The maximum Gasteiger partial charge on any atom is 0.333 e. The lowest BCUT2D eigenvalue weighted by molar-refractivity contribution is 0.152. The van der Waals surface area contributed by atoms with Crippen LogP contribution in [0.15, 0.2) is 59.6 Å². The van der Waals surface area contributed by atoms with Gasteiger partial charge in [-0.25, -0.2) is 4.79 Å². The van der Waals surface area contributed by atoms with E-state index in [1.165, 1.54) is 5.70 Å². The van der Waals surface area contributed by atoms with Crippen molar-refractivity contribution in [1.29, 1.82) is 0 Å². The fourth-order valence-electron chi connectivity index (χ4n) is 3.49. The molecule has 0 bridgehead atoms. The van der Waals surface area contributed by atoms with Crippen LogP contribution in [0, 0.1) is 5.92 Å². The molecule has 0 spiro atoms. The largest absolute Gasteiger partial charge is 0.374 e. The first-order valence-electron chi connectivity index (χ1n) is 9.01. The fourth-order valence-corrected chi connectivity index (χ4v) is 3.49. The van der Waals surface area contributed by atoms with Crippen molar-refractivity contribution in [1.82, 2.24) is 14.0 Å². The summed E-state index contributed by atoms with van der Waals surface area (Å²) < 4.78 is 3.42. The van der Waals surface area contributed by atoms with Crippen LogP contribution in [0.1, 0.15) is 26.7 Å². The minimum atomic E-state index is -0.0460. The highest BCUT2D eigenvalue weighted by atomic mass is 16.1. The summed E-state index contributed by atoms with van der Waals surface area (Å²) in [4.78, 5) is 15.1. The highest BCUT2D eigenvalue weighted by Gasteiger charge is 2.23. The molecular weight excluding hydrogens is 310 g/mol. The van der Waals surface area contributed by atoms with Crippen LogP contribution in [-0.2, 0) is 7.05 Å². The average molecular weight is 337 g/mol. The molecule has 1 aromatic carbocycles. The van der Waals surface area contributed by atoms with E-state index < -0.39 is 0 Å². The van der Waals surface area contributed by atoms with Crippen molar-refractivity contribution in [3.8, 4) is 0 Å². The second kappa shape index (κ2) is 7.18. The van der Waals surface area contributed by atoms with Crippen molar-refractivity contribution in [2.24, 2.45) is 13.0 Å². The summed E-state index contributed by atoms with van der Waals surface area (Å²) in [7, 11) is 1.81. The van der Waals surface area contributed by atoms with Gasteiger partial charge >= 0.3 is 5.69 Å². The molecule has 0 amide bonds. The SMILES string of the molecule is C=C/C(=C\C=C(/CCC)N1CC(C)C1)n1c(=O)n(C)c2ccccc21. The van der Waals surface area contributed by atoms with Crippen LogP contribution < -0.4 is 5.69 Å². The first-order chi connectivity index (χ1) is 12.1. The van der Waals surface area contributed by atoms with Crippen LogP contribution in [-0.4, -0.2) is 27.1 Å². The molecule has 1 aromatic heterocycles. The molecule has 132 valence electrons. The summed E-state index contributed by atoms with van der Waals surface area (Å²) in [5.41, 5.74) is 3.94. The Morgan fingerprint density at radius 1 is 1.24 bits per heavy atom. The first kappa shape index (κ1) is 17.3. The van der Waals surface area contributed by atoms with Crippen LogP contribution in [0.2, 0.25) is 0 Å². The molecule has 1 aliphatic rings. The zero-order chi connectivity index (χ0) is 18.0. The number of para-hydroxylation sites is 2. The van der Waals surface area contributed by atoms with Gasteiger partial charge in [-0.3, -0.25) is 9.13 Å². The average Bonchev–Trinajstić information content (AvgIpc) is 2.84. The van der Waals surface area contributed by atoms with E-state index >= 15 is 0 Å². The molecule has 0 aliphatic carbocycles. The topological polar surface area (TPSA) is 30.2 Å². The number of benzene rings is 1. The van der Waals surface area contributed by atoms with E-state index in [1.54, 1.807) is 15.2 Å². The fraction of sp³-hybridized carbons (Fsp3) is 0.381. The summed E-state index contributed by atoms with van der Waals surface area (Å²) in [5.74, 6) is 0.767. The molecule has 2 aromatic rings. The Kier molecular flexibility index (Phi) is 4.98. The first-order valence-corrected chi connectivity index (χ1v) is 9.01. The van der Waals surface area contributed by atoms with Gasteiger partial charge in [0.2, 0.25) is 0 Å². The lowest BCUT2D eigenvalue weighted by Gasteiger charge is -2.41. The molecule has 0 N–H and O–H groups in total. The lowest BCUT2D eigenvalue weighted by atomic mass is 10.0. The molecule has 25 heavy (non-hydrogen) atoms. The molecule has 1 fully saturated rings. The van der Waals surface area contributed by atoms with Crippen LogP contribution in [0.3, 0.4) is 0 Å². The summed E-state index contributed by atoms with van der Waals surface area (Å²) in [6.07, 6.45) is 8.10. The van der Waals surface area contributed by atoms with E-state index in [0.29, 0.717) is 0 Å². The third-order valence-corrected chi connectivity index (χ3v) is 4.85. The number of allylic oxidation sites excluding steroid dienone is 5. The Morgan fingerprint density at radius 3 is 2.52 bits per heavy atom. The molecule has 0 unspecified atom stereocenters. The number of nitrogens with zero attached hydrogens (tertiary/aromatic N) is 3. The van der Waals surface area contributed by atoms with Gasteiger partial charge in [0, 0.05) is 25.8 Å². The van der Waals surface area contributed by atoms with Crippen LogP contribution >= 0.6 is 0 Å². The van der Waals surface area contributed by atoms with Crippen molar-refractivity contribution >= 4 is 16.7 Å². The molecule has 4 heteroatoms. The zero-order valence-corrected chi connectivity index (χ0v) is 15.4. The predicted octanol–water partition coefficient (Wildman–Crippen LogP) is 4.00. The number of hydrogen-bond acceptors (Lipinski definition) is 2. The minimum Gasteiger partial charge on any atom is -0.374 e. The van der Waals surface area contributed by atoms with Gasteiger partial charge in [0.05, 0.1) is 16.7 Å². The van der Waals surface area contributed by atoms with Crippen molar-refractivity contribution in [3.63, 3.8) is 0 Å². The van der Waals surface area contributed by atoms with Crippen LogP contribution in [0.25, 0.3) is 16.7 Å². The van der Waals surface area contributed by atoms with E-state index in [0.717, 1.165) is 48.6 Å². The number of fused-ring (bicyclic) bond motifs is 1. The van der Waals surface area contributed by atoms with Crippen molar-refractivity contribution < 1.29 is 0 Å². The third-order valence-electron chi connectivity index (χ3n) is 4.85. The lowest BCUT2D eigenvalue weighted by Crippen LogP contribution is -2.44. The van der Waals surface area contributed by atoms with Crippen molar-refractivity contribution in [2.75, 3.05) is 13.1 Å². The van der Waals surface area contributed by atoms with Gasteiger partial charge < -0.3 is 4.90 Å². The second-order valence-electron chi connectivity index (χ2n) is 6.88. The molecule has 4 nitrogen and oxygen atoms in total. The van der Waals surface area contributed by atoms with Crippen molar-refractivity contribution in [2.45, 2.75) is 26.7 Å². The van der Waals surface area contributed by atoms with E-state index in [-0.39, 0.29) is 5.69 Å². The highest BCUT2D eigenvalue weighted by Crippen LogP contribution is 2.24. The molecule has 1 saturated heterocycles. The van der Waals surface area contributed by atoms with Gasteiger partial charge in [-0.2, -0.15) is 0 Å². The Balaban J connectivity index is 2.04. The molecule has 1 aliphatic heterocycles. The molecular formula is C21H27N3O. The van der Waals surface area contributed by atoms with Gasteiger partial charge in [-0.15, -0.1) is 0 Å². The molecule has 0 saturated carbocycles. The maximum atomic E-state index is 12.7. The maximum absolute atomic E-state index is 12.7. The van der Waals surface area contributed by atoms with Gasteiger partial charge in [-0.1, -0.05) is 39.0 Å². The van der Waals surface area contributed by atoms with Gasteiger partial charge in [0.15, 0.2) is 0 Å². The number of aromatic nitrogens is 2. The van der Waals surface area contributed by atoms with Crippen molar-refractivity contribution in [3.05, 3.63) is 65.3 Å². The van der Waals surface area contributed by atoms with Gasteiger partial charge in [-0.05, 0) is 42.7 Å². The van der Waals surface area contributed by atoms with E-state index in [4.69, 9.17) is 0 Å². The summed E-state index contributed by atoms with van der Waals surface area (Å²) in [5, 5.41) is 0. The Hall–Kier alpha value is -2.49. The van der Waals surface area contributed by atoms with E-state index in [9.17, 15) is 4.79 Å². The van der Waals surface area contributed by atoms with E-state index in [1.807, 2.05) is 37.4 Å². The molecule has 0 radical (unpaired) electrons. The predicted molar refractivity (Wildman–Crippen MR) is 105 cm³/mol. The van der Waals surface area contributed by atoms with Gasteiger partial charge in [0.1, 0.15) is 0 Å². The number of hydrogen-bond donors (Lipinski definition) is 0. The third kappa shape index (κ3) is 3.21. The number of likely N-dealkylation sites (tertiary alicyclic amines) is 1. The van der Waals surface area contributed by atoms with Crippen LogP contribution in [0.5, 0.6) is 0 Å². The Morgan fingerprint density at radius 2 is 1.92 bits per heavy atom. The molecule has 2 heterocycles. The monoisotopic (exact) mass is 337 g/mol. The Labute approximate surface area is 149 Å².